The Morgan fingerprint density at radius 3 is 2.60 bits per heavy atom. The summed E-state index contributed by atoms with van der Waals surface area (Å²) in [5.41, 5.74) is 8.82. The molecule has 7 heteroatoms. The maximum Gasteiger partial charge on any atom is 0.248 e. The van der Waals surface area contributed by atoms with Crippen molar-refractivity contribution in [3.05, 3.63) is 78.1 Å². The standard InChI is InChI=1S/C23H21N3O3S/c24-23(28)16-6-4-15(5-7-16)20-3-1-2-17-12-18(29-22(17)20)13-26-21(27)14-30-19-8-10-25-11-9-19/h1-11,18H,12-14H2,(H2,24,28)(H,26,27)/t18-/m0/s1. The molecule has 1 atom stereocenters. The Kier molecular flexibility index (Phi) is 5.99. The number of primary amides is 1. The van der Waals surface area contributed by atoms with Crippen molar-refractivity contribution >= 4 is 23.6 Å². The van der Waals surface area contributed by atoms with Crippen LogP contribution in [-0.2, 0) is 11.2 Å². The van der Waals surface area contributed by atoms with Gasteiger partial charge in [-0.15, -0.1) is 11.8 Å². The molecule has 0 unspecified atom stereocenters. The predicted molar refractivity (Wildman–Crippen MR) is 116 cm³/mol. The van der Waals surface area contributed by atoms with Gasteiger partial charge in [0.25, 0.3) is 0 Å². The second-order valence-electron chi connectivity index (χ2n) is 6.96. The monoisotopic (exact) mass is 419 g/mol. The van der Waals surface area contributed by atoms with E-state index in [-0.39, 0.29) is 12.0 Å². The number of nitrogens with zero attached hydrogens (tertiary/aromatic N) is 1. The van der Waals surface area contributed by atoms with Crippen LogP contribution in [0.1, 0.15) is 15.9 Å². The van der Waals surface area contributed by atoms with Crippen LogP contribution in [-0.4, -0.2) is 35.2 Å². The first-order valence-electron chi connectivity index (χ1n) is 9.58. The van der Waals surface area contributed by atoms with Crippen LogP contribution in [0.2, 0.25) is 0 Å². The van der Waals surface area contributed by atoms with Gasteiger partial charge in [-0.1, -0.05) is 30.3 Å². The maximum atomic E-state index is 12.2. The fourth-order valence-electron chi connectivity index (χ4n) is 3.36. The molecule has 3 aromatic rings. The topological polar surface area (TPSA) is 94.3 Å². The van der Waals surface area contributed by atoms with Crippen molar-refractivity contribution in [3.63, 3.8) is 0 Å². The van der Waals surface area contributed by atoms with Crippen LogP contribution in [0, 0.1) is 0 Å². The number of para-hydroxylation sites is 1. The number of thioether (sulfide) groups is 1. The molecule has 0 saturated heterocycles. The quantitative estimate of drug-likeness (QED) is 0.574. The zero-order valence-corrected chi connectivity index (χ0v) is 17.0. The Morgan fingerprint density at radius 1 is 1.10 bits per heavy atom. The minimum Gasteiger partial charge on any atom is -0.487 e. The van der Waals surface area contributed by atoms with Gasteiger partial charge in [0.05, 0.1) is 12.3 Å². The lowest BCUT2D eigenvalue weighted by Gasteiger charge is -2.14. The number of pyridine rings is 1. The van der Waals surface area contributed by atoms with Crippen molar-refractivity contribution < 1.29 is 14.3 Å². The van der Waals surface area contributed by atoms with E-state index >= 15 is 0 Å². The van der Waals surface area contributed by atoms with Gasteiger partial charge in [0.15, 0.2) is 0 Å². The number of carbonyl (C=O) groups excluding carboxylic acids is 2. The van der Waals surface area contributed by atoms with Gasteiger partial charge in [0.2, 0.25) is 11.8 Å². The second kappa shape index (κ2) is 9.00. The SMILES string of the molecule is NC(=O)c1ccc(-c2cccc3c2O[C@H](CNC(=O)CSc2ccncc2)C3)cc1. The molecular weight excluding hydrogens is 398 g/mol. The van der Waals surface area contributed by atoms with E-state index < -0.39 is 5.91 Å². The first kappa shape index (κ1) is 20.0. The molecule has 4 rings (SSSR count). The number of nitrogens with one attached hydrogen (secondary N) is 1. The summed E-state index contributed by atoms with van der Waals surface area (Å²) in [7, 11) is 0. The van der Waals surface area contributed by atoms with Crippen molar-refractivity contribution in [2.75, 3.05) is 12.3 Å². The molecule has 0 radical (unpaired) electrons. The van der Waals surface area contributed by atoms with Gasteiger partial charge in [-0.3, -0.25) is 14.6 Å². The molecule has 2 aromatic carbocycles. The minimum absolute atomic E-state index is 0.0290. The molecule has 1 aliphatic rings. The molecule has 0 spiro atoms. The Balaban J connectivity index is 1.36. The maximum absolute atomic E-state index is 12.2. The summed E-state index contributed by atoms with van der Waals surface area (Å²) in [5.74, 6) is 0.698. The van der Waals surface area contributed by atoms with Crippen molar-refractivity contribution in [2.45, 2.75) is 17.4 Å². The average molecular weight is 420 g/mol. The molecule has 6 nitrogen and oxygen atoms in total. The summed E-state index contributed by atoms with van der Waals surface area (Å²) in [6.07, 6.45) is 4.05. The predicted octanol–water partition coefficient (Wildman–Crippen LogP) is 3.06. The van der Waals surface area contributed by atoms with Gasteiger partial charge < -0.3 is 15.8 Å². The highest BCUT2D eigenvalue weighted by Crippen LogP contribution is 2.38. The molecule has 0 aliphatic carbocycles. The van der Waals surface area contributed by atoms with Crippen molar-refractivity contribution in [1.29, 1.82) is 0 Å². The highest BCUT2D eigenvalue weighted by molar-refractivity contribution is 8.00. The fourth-order valence-corrected chi connectivity index (χ4v) is 4.07. The van der Waals surface area contributed by atoms with E-state index in [0.717, 1.165) is 33.8 Å². The van der Waals surface area contributed by atoms with Crippen LogP contribution in [0.5, 0.6) is 5.75 Å². The van der Waals surface area contributed by atoms with Crippen molar-refractivity contribution in [1.82, 2.24) is 10.3 Å². The number of hydrogen-bond acceptors (Lipinski definition) is 5. The lowest BCUT2D eigenvalue weighted by molar-refractivity contribution is -0.118. The number of fused-ring (bicyclic) bond motifs is 1. The molecule has 1 aromatic heterocycles. The summed E-state index contributed by atoms with van der Waals surface area (Å²) in [4.78, 5) is 28.5. The zero-order valence-electron chi connectivity index (χ0n) is 16.2. The van der Waals surface area contributed by atoms with Crippen LogP contribution in [0.25, 0.3) is 11.1 Å². The average Bonchev–Trinajstić information content (AvgIpc) is 3.20. The number of amides is 2. The lowest BCUT2D eigenvalue weighted by Crippen LogP contribution is -2.35. The number of benzene rings is 2. The third kappa shape index (κ3) is 4.63. The van der Waals surface area contributed by atoms with Crippen molar-refractivity contribution in [3.8, 4) is 16.9 Å². The summed E-state index contributed by atoms with van der Waals surface area (Å²) in [6, 6.07) is 16.9. The van der Waals surface area contributed by atoms with E-state index in [4.69, 9.17) is 10.5 Å². The largest absolute Gasteiger partial charge is 0.487 e. The van der Waals surface area contributed by atoms with Crippen LogP contribution in [0.15, 0.2) is 71.9 Å². The van der Waals surface area contributed by atoms with Crippen LogP contribution in [0.4, 0.5) is 0 Å². The summed E-state index contributed by atoms with van der Waals surface area (Å²) < 4.78 is 6.16. The first-order chi connectivity index (χ1) is 14.6. The van der Waals surface area contributed by atoms with Crippen LogP contribution in [0.3, 0.4) is 0 Å². The Bertz CT molecular complexity index is 1060. The molecule has 30 heavy (non-hydrogen) atoms. The molecule has 1 aliphatic heterocycles. The normalized spacial score (nSPS) is 14.6. The smallest absolute Gasteiger partial charge is 0.248 e. The number of carbonyl (C=O) groups is 2. The Labute approximate surface area is 178 Å². The van der Waals surface area contributed by atoms with Crippen molar-refractivity contribution in [2.24, 2.45) is 5.73 Å². The first-order valence-corrected chi connectivity index (χ1v) is 10.6. The van der Waals surface area contributed by atoms with Gasteiger partial charge in [0, 0.05) is 34.8 Å². The third-order valence-electron chi connectivity index (χ3n) is 4.86. The van der Waals surface area contributed by atoms with Gasteiger partial charge in [0.1, 0.15) is 11.9 Å². The van der Waals surface area contributed by atoms with E-state index in [2.05, 4.69) is 10.3 Å². The van der Waals surface area contributed by atoms with E-state index in [1.54, 1.807) is 24.5 Å². The third-order valence-corrected chi connectivity index (χ3v) is 5.87. The van der Waals surface area contributed by atoms with E-state index in [9.17, 15) is 9.59 Å². The molecule has 0 bridgehead atoms. The number of hydrogen-bond donors (Lipinski definition) is 2. The Hall–Kier alpha value is -3.32. The minimum atomic E-state index is -0.450. The number of aromatic nitrogens is 1. The number of ether oxygens (including phenoxy) is 1. The highest BCUT2D eigenvalue weighted by Gasteiger charge is 2.26. The zero-order chi connectivity index (χ0) is 20.9. The van der Waals surface area contributed by atoms with Gasteiger partial charge in [-0.05, 0) is 35.4 Å². The highest BCUT2D eigenvalue weighted by atomic mass is 32.2. The second-order valence-corrected chi connectivity index (χ2v) is 8.00. The molecule has 2 amide bonds. The lowest BCUT2D eigenvalue weighted by atomic mass is 9.99. The molecule has 3 N–H and O–H groups in total. The van der Waals surface area contributed by atoms with E-state index in [1.165, 1.54) is 11.8 Å². The molecule has 152 valence electrons. The van der Waals surface area contributed by atoms with Crippen LogP contribution >= 0.6 is 11.8 Å². The molecular formula is C23H21N3O3S. The summed E-state index contributed by atoms with van der Waals surface area (Å²) in [5, 5.41) is 2.96. The van der Waals surface area contributed by atoms with Crippen LogP contribution < -0.4 is 15.8 Å². The number of rotatable bonds is 7. The summed E-state index contributed by atoms with van der Waals surface area (Å²) in [6.45, 7) is 0.449. The van der Waals surface area contributed by atoms with Gasteiger partial charge in [-0.25, -0.2) is 0 Å². The van der Waals surface area contributed by atoms with E-state index in [0.29, 0.717) is 17.9 Å². The molecule has 2 heterocycles. The number of nitrogens with two attached hydrogens (primary N) is 1. The van der Waals surface area contributed by atoms with Gasteiger partial charge in [-0.2, -0.15) is 0 Å². The Morgan fingerprint density at radius 2 is 1.87 bits per heavy atom. The summed E-state index contributed by atoms with van der Waals surface area (Å²) >= 11 is 1.48. The van der Waals surface area contributed by atoms with E-state index in [1.807, 2.05) is 42.5 Å². The molecule has 0 fully saturated rings. The fraction of sp³-hybridized carbons (Fsp3) is 0.174. The van der Waals surface area contributed by atoms with Gasteiger partial charge >= 0.3 is 0 Å². The molecule has 0 saturated carbocycles.